The third kappa shape index (κ3) is 1.60. The quantitative estimate of drug-likeness (QED) is 0.708. The summed E-state index contributed by atoms with van der Waals surface area (Å²) in [4.78, 5) is 0. The molecule has 5 unspecified atom stereocenters. The highest BCUT2D eigenvalue weighted by molar-refractivity contribution is 5.07. The SMILES string of the molecule is CC(CC1C(C)C2CC12)NCC1CC1. The molecule has 0 aromatic heterocycles. The van der Waals surface area contributed by atoms with Crippen molar-refractivity contribution in [1.82, 2.24) is 5.32 Å². The summed E-state index contributed by atoms with van der Waals surface area (Å²) < 4.78 is 0. The number of rotatable bonds is 5. The van der Waals surface area contributed by atoms with Crippen molar-refractivity contribution in [3.8, 4) is 0 Å². The first-order valence-electron chi connectivity index (χ1n) is 6.49. The molecule has 0 saturated heterocycles. The summed E-state index contributed by atoms with van der Waals surface area (Å²) in [5, 5.41) is 3.70. The lowest BCUT2D eigenvalue weighted by molar-refractivity contribution is 0.147. The van der Waals surface area contributed by atoms with Gasteiger partial charge in [0.05, 0.1) is 0 Å². The van der Waals surface area contributed by atoms with Gasteiger partial charge in [0.25, 0.3) is 0 Å². The Bertz CT molecular complexity index is 221. The summed E-state index contributed by atoms with van der Waals surface area (Å²) in [5.41, 5.74) is 0. The maximum atomic E-state index is 3.70. The third-order valence-corrected chi connectivity index (χ3v) is 4.87. The maximum Gasteiger partial charge on any atom is 0.00416 e. The number of hydrogen-bond acceptors (Lipinski definition) is 1. The first-order chi connectivity index (χ1) is 6.75. The summed E-state index contributed by atoms with van der Waals surface area (Å²) in [6.07, 6.45) is 5.95. The van der Waals surface area contributed by atoms with Crippen LogP contribution in [0.4, 0.5) is 0 Å². The number of nitrogens with one attached hydrogen (secondary N) is 1. The average Bonchev–Trinajstić information content (AvgIpc) is 3.03. The van der Waals surface area contributed by atoms with Gasteiger partial charge in [0.1, 0.15) is 0 Å². The lowest BCUT2D eigenvalue weighted by Crippen LogP contribution is -2.36. The van der Waals surface area contributed by atoms with Crippen LogP contribution in [0.25, 0.3) is 0 Å². The monoisotopic (exact) mass is 193 g/mol. The van der Waals surface area contributed by atoms with Crippen molar-refractivity contribution in [2.75, 3.05) is 6.54 Å². The minimum Gasteiger partial charge on any atom is -0.314 e. The van der Waals surface area contributed by atoms with Crippen LogP contribution in [0.2, 0.25) is 0 Å². The summed E-state index contributed by atoms with van der Waals surface area (Å²) >= 11 is 0. The van der Waals surface area contributed by atoms with Crippen LogP contribution in [0.5, 0.6) is 0 Å². The fourth-order valence-corrected chi connectivity index (χ4v) is 3.47. The minimum absolute atomic E-state index is 0.768. The van der Waals surface area contributed by atoms with Gasteiger partial charge < -0.3 is 5.32 Å². The van der Waals surface area contributed by atoms with Crippen LogP contribution in [0.1, 0.15) is 39.5 Å². The largest absolute Gasteiger partial charge is 0.314 e. The van der Waals surface area contributed by atoms with Gasteiger partial charge in [0.15, 0.2) is 0 Å². The Kier molecular flexibility index (Phi) is 2.12. The molecule has 0 spiro atoms. The van der Waals surface area contributed by atoms with E-state index in [-0.39, 0.29) is 0 Å². The molecule has 14 heavy (non-hydrogen) atoms. The molecule has 3 aliphatic carbocycles. The Labute approximate surface area is 87.7 Å². The van der Waals surface area contributed by atoms with E-state index < -0.39 is 0 Å². The second kappa shape index (κ2) is 3.23. The van der Waals surface area contributed by atoms with Crippen molar-refractivity contribution >= 4 is 0 Å². The molecule has 3 aliphatic rings. The highest BCUT2D eigenvalue weighted by Gasteiger charge is 2.58. The number of hydrogen-bond donors (Lipinski definition) is 1. The van der Waals surface area contributed by atoms with Gasteiger partial charge >= 0.3 is 0 Å². The molecule has 1 nitrogen and oxygen atoms in total. The zero-order valence-electron chi connectivity index (χ0n) is 9.50. The van der Waals surface area contributed by atoms with Crippen molar-refractivity contribution in [3.05, 3.63) is 0 Å². The predicted molar refractivity (Wildman–Crippen MR) is 59.1 cm³/mol. The molecule has 3 saturated carbocycles. The Balaban J connectivity index is 1.38. The third-order valence-electron chi connectivity index (χ3n) is 4.87. The van der Waals surface area contributed by atoms with Crippen LogP contribution in [0.3, 0.4) is 0 Å². The van der Waals surface area contributed by atoms with Crippen LogP contribution in [-0.2, 0) is 0 Å². The predicted octanol–water partition coefficient (Wildman–Crippen LogP) is 2.67. The smallest absolute Gasteiger partial charge is 0.00416 e. The molecule has 1 N–H and O–H groups in total. The average molecular weight is 193 g/mol. The molecule has 3 fully saturated rings. The van der Waals surface area contributed by atoms with E-state index in [1.165, 1.54) is 25.8 Å². The van der Waals surface area contributed by atoms with Gasteiger partial charge in [-0.3, -0.25) is 0 Å². The first kappa shape index (κ1) is 9.21. The highest BCUT2D eigenvalue weighted by atomic mass is 14.9. The lowest BCUT2D eigenvalue weighted by atomic mass is 9.72. The molecule has 5 atom stereocenters. The van der Waals surface area contributed by atoms with Crippen LogP contribution in [0, 0.1) is 29.6 Å². The second-order valence-electron chi connectivity index (χ2n) is 6.07. The summed E-state index contributed by atoms with van der Waals surface area (Å²) in [7, 11) is 0. The minimum atomic E-state index is 0.768. The molecule has 0 aliphatic heterocycles. The van der Waals surface area contributed by atoms with E-state index in [1.807, 2.05) is 0 Å². The van der Waals surface area contributed by atoms with Gasteiger partial charge in [-0.1, -0.05) is 6.92 Å². The van der Waals surface area contributed by atoms with Crippen LogP contribution in [-0.4, -0.2) is 12.6 Å². The second-order valence-corrected chi connectivity index (χ2v) is 6.07. The Morgan fingerprint density at radius 1 is 1.29 bits per heavy atom. The molecule has 0 bridgehead atoms. The Morgan fingerprint density at radius 3 is 2.64 bits per heavy atom. The van der Waals surface area contributed by atoms with Crippen LogP contribution >= 0.6 is 0 Å². The summed E-state index contributed by atoms with van der Waals surface area (Å²) in [5.74, 6) is 5.45. The molecule has 1 heteroatoms. The standard InChI is InChI=1S/C13H23N/c1-8(14-7-10-3-4-10)5-11-9(2)12-6-13(11)12/h8-14H,3-7H2,1-2H3. The Hall–Kier alpha value is -0.0400. The summed E-state index contributed by atoms with van der Waals surface area (Å²) in [6.45, 7) is 6.13. The van der Waals surface area contributed by atoms with E-state index in [4.69, 9.17) is 0 Å². The van der Waals surface area contributed by atoms with Gasteiger partial charge in [-0.05, 0) is 68.7 Å². The van der Waals surface area contributed by atoms with E-state index in [1.54, 1.807) is 6.42 Å². The van der Waals surface area contributed by atoms with Gasteiger partial charge in [-0.25, -0.2) is 0 Å². The van der Waals surface area contributed by atoms with Crippen molar-refractivity contribution in [2.45, 2.75) is 45.6 Å². The molecular formula is C13H23N. The summed E-state index contributed by atoms with van der Waals surface area (Å²) in [6, 6.07) is 0.768. The first-order valence-corrected chi connectivity index (χ1v) is 6.49. The molecular weight excluding hydrogens is 170 g/mol. The van der Waals surface area contributed by atoms with E-state index in [0.29, 0.717) is 0 Å². The number of fused-ring (bicyclic) bond motifs is 1. The van der Waals surface area contributed by atoms with E-state index in [0.717, 1.165) is 35.6 Å². The highest BCUT2D eigenvalue weighted by Crippen LogP contribution is 2.64. The van der Waals surface area contributed by atoms with Crippen LogP contribution in [0.15, 0.2) is 0 Å². The normalized spacial score (nSPS) is 46.7. The molecule has 0 heterocycles. The molecule has 3 rings (SSSR count). The molecule has 0 amide bonds. The topological polar surface area (TPSA) is 12.0 Å². The van der Waals surface area contributed by atoms with E-state index in [2.05, 4.69) is 19.2 Å². The van der Waals surface area contributed by atoms with Crippen molar-refractivity contribution in [2.24, 2.45) is 29.6 Å². The maximum absolute atomic E-state index is 3.70. The molecule has 0 radical (unpaired) electrons. The van der Waals surface area contributed by atoms with Gasteiger partial charge in [-0.15, -0.1) is 0 Å². The molecule has 0 aromatic carbocycles. The van der Waals surface area contributed by atoms with Gasteiger partial charge in [0, 0.05) is 6.04 Å². The Morgan fingerprint density at radius 2 is 2.07 bits per heavy atom. The molecule has 80 valence electrons. The zero-order chi connectivity index (χ0) is 9.71. The van der Waals surface area contributed by atoms with Crippen molar-refractivity contribution in [1.29, 1.82) is 0 Å². The zero-order valence-corrected chi connectivity index (χ0v) is 9.50. The van der Waals surface area contributed by atoms with Crippen molar-refractivity contribution in [3.63, 3.8) is 0 Å². The van der Waals surface area contributed by atoms with E-state index in [9.17, 15) is 0 Å². The fourth-order valence-electron chi connectivity index (χ4n) is 3.47. The molecule has 0 aromatic rings. The van der Waals surface area contributed by atoms with Gasteiger partial charge in [-0.2, -0.15) is 0 Å². The van der Waals surface area contributed by atoms with Gasteiger partial charge in [0.2, 0.25) is 0 Å². The van der Waals surface area contributed by atoms with Crippen molar-refractivity contribution < 1.29 is 0 Å². The lowest BCUT2D eigenvalue weighted by Gasteiger charge is -2.35. The van der Waals surface area contributed by atoms with Crippen LogP contribution < -0.4 is 5.32 Å². The fraction of sp³-hybridized carbons (Fsp3) is 1.00. The van der Waals surface area contributed by atoms with E-state index >= 15 is 0 Å².